The van der Waals surface area contributed by atoms with Gasteiger partial charge in [-0.15, -0.1) is 0 Å². The number of aryl methyl sites for hydroxylation is 2. The SMILES string of the molecule is Cc1cccc(CN(C(=O)CCCN(c2ccccc2C)S(C)(=O)=O)[C@@H](Cc2ccccc2)C(=O)NC2CCCCC2)c1. The second-order valence-electron chi connectivity index (χ2n) is 11.8. The van der Waals surface area contributed by atoms with Crippen molar-refractivity contribution in [2.24, 2.45) is 0 Å². The smallest absolute Gasteiger partial charge is 0.243 e. The third kappa shape index (κ3) is 9.42. The summed E-state index contributed by atoms with van der Waals surface area (Å²) in [6, 6.07) is 24.6. The van der Waals surface area contributed by atoms with Crippen LogP contribution in [0.4, 0.5) is 5.69 Å². The van der Waals surface area contributed by atoms with E-state index < -0.39 is 16.1 Å². The lowest BCUT2D eigenvalue weighted by molar-refractivity contribution is -0.141. The van der Waals surface area contributed by atoms with Crippen LogP contribution in [-0.2, 0) is 32.6 Å². The number of carbonyl (C=O) groups excluding carboxylic acids is 2. The van der Waals surface area contributed by atoms with Crippen LogP contribution in [0.3, 0.4) is 0 Å². The molecule has 0 heterocycles. The van der Waals surface area contributed by atoms with Gasteiger partial charge in [-0.1, -0.05) is 97.6 Å². The van der Waals surface area contributed by atoms with E-state index in [1.807, 2.05) is 86.6 Å². The average Bonchev–Trinajstić information content (AvgIpc) is 2.98. The Morgan fingerprint density at radius 2 is 1.56 bits per heavy atom. The van der Waals surface area contributed by atoms with Crippen LogP contribution in [0.2, 0.25) is 0 Å². The largest absolute Gasteiger partial charge is 0.352 e. The van der Waals surface area contributed by atoms with E-state index >= 15 is 0 Å². The van der Waals surface area contributed by atoms with Gasteiger partial charge >= 0.3 is 0 Å². The zero-order valence-electron chi connectivity index (χ0n) is 25.7. The van der Waals surface area contributed by atoms with Gasteiger partial charge in [-0.3, -0.25) is 13.9 Å². The van der Waals surface area contributed by atoms with Gasteiger partial charge in [0.2, 0.25) is 21.8 Å². The highest BCUT2D eigenvalue weighted by atomic mass is 32.2. The number of sulfonamides is 1. The van der Waals surface area contributed by atoms with Crippen LogP contribution in [0.1, 0.15) is 67.2 Å². The Morgan fingerprint density at radius 3 is 2.23 bits per heavy atom. The topological polar surface area (TPSA) is 86.8 Å². The number of para-hydroxylation sites is 1. The van der Waals surface area contributed by atoms with Crippen molar-refractivity contribution in [3.05, 3.63) is 101 Å². The Morgan fingerprint density at radius 1 is 0.884 bits per heavy atom. The highest BCUT2D eigenvalue weighted by Gasteiger charge is 2.32. The lowest BCUT2D eigenvalue weighted by Crippen LogP contribution is -2.53. The minimum Gasteiger partial charge on any atom is -0.352 e. The fourth-order valence-electron chi connectivity index (χ4n) is 5.93. The first kappa shape index (κ1) is 32.3. The first-order valence-corrected chi connectivity index (χ1v) is 17.2. The standard InChI is InChI=1S/C35H45N3O4S/c1-27-14-12-18-30(24-27)26-37(34(39)22-13-23-38(43(3,41)42)32-21-11-10-15-28(32)2)33(25-29-16-6-4-7-17-29)35(40)36-31-19-8-5-9-20-31/h4,6-7,10-12,14-18,21,24,31,33H,5,8-9,13,19-20,22-23,25-26H2,1-3H3,(H,36,40)/t33-/m0/s1. The van der Waals surface area contributed by atoms with E-state index in [9.17, 15) is 18.0 Å². The van der Waals surface area contributed by atoms with E-state index in [0.717, 1.165) is 47.9 Å². The van der Waals surface area contributed by atoms with E-state index in [4.69, 9.17) is 0 Å². The second-order valence-corrected chi connectivity index (χ2v) is 13.7. The molecule has 3 aromatic carbocycles. The van der Waals surface area contributed by atoms with Crippen LogP contribution in [0.15, 0.2) is 78.9 Å². The van der Waals surface area contributed by atoms with E-state index in [1.165, 1.54) is 17.0 Å². The fraction of sp³-hybridized carbons (Fsp3) is 0.429. The zero-order valence-corrected chi connectivity index (χ0v) is 26.5. The van der Waals surface area contributed by atoms with Crippen molar-refractivity contribution < 1.29 is 18.0 Å². The van der Waals surface area contributed by atoms with Gasteiger partial charge in [-0.05, 0) is 55.9 Å². The number of anilines is 1. The van der Waals surface area contributed by atoms with Crippen LogP contribution in [0.25, 0.3) is 0 Å². The Labute approximate surface area is 257 Å². The molecule has 1 fully saturated rings. The number of hydrogen-bond acceptors (Lipinski definition) is 4. The first-order valence-electron chi connectivity index (χ1n) is 15.3. The molecule has 1 saturated carbocycles. The van der Waals surface area contributed by atoms with Crippen molar-refractivity contribution >= 4 is 27.5 Å². The van der Waals surface area contributed by atoms with Gasteiger partial charge in [-0.25, -0.2) is 8.42 Å². The molecule has 8 heteroatoms. The highest BCUT2D eigenvalue weighted by Crippen LogP contribution is 2.24. The minimum absolute atomic E-state index is 0.117. The quantitative estimate of drug-likeness (QED) is 0.262. The van der Waals surface area contributed by atoms with E-state index in [2.05, 4.69) is 5.32 Å². The van der Waals surface area contributed by atoms with Crippen LogP contribution in [0, 0.1) is 13.8 Å². The van der Waals surface area contributed by atoms with Crippen molar-refractivity contribution in [3.63, 3.8) is 0 Å². The summed E-state index contributed by atoms with van der Waals surface area (Å²) in [5, 5.41) is 3.27. The van der Waals surface area contributed by atoms with Crippen molar-refractivity contribution in [1.82, 2.24) is 10.2 Å². The molecule has 0 saturated heterocycles. The number of carbonyl (C=O) groups is 2. The first-order chi connectivity index (χ1) is 20.6. The van der Waals surface area contributed by atoms with E-state index in [1.54, 1.807) is 11.0 Å². The summed E-state index contributed by atoms with van der Waals surface area (Å²) < 4.78 is 26.8. The van der Waals surface area contributed by atoms with Gasteiger partial charge in [-0.2, -0.15) is 0 Å². The fourth-order valence-corrected chi connectivity index (χ4v) is 6.95. The summed E-state index contributed by atoms with van der Waals surface area (Å²) in [6.07, 6.45) is 7.32. The Hall–Kier alpha value is -3.65. The molecule has 0 bridgehead atoms. The summed E-state index contributed by atoms with van der Waals surface area (Å²) >= 11 is 0. The number of nitrogens with zero attached hydrogens (tertiary/aromatic N) is 2. The normalized spacial score (nSPS) is 14.6. The Bertz CT molecular complexity index is 1470. The lowest BCUT2D eigenvalue weighted by Gasteiger charge is -2.34. The van der Waals surface area contributed by atoms with Gasteiger partial charge in [0, 0.05) is 32.0 Å². The molecule has 1 atom stereocenters. The molecular weight excluding hydrogens is 558 g/mol. The van der Waals surface area contributed by atoms with Gasteiger partial charge < -0.3 is 10.2 Å². The third-order valence-corrected chi connectivity index (χ3v) is 9.37. The van der Waals surface area contributed by atoms with E-state index in [0.29, 0.717) is 25.1 Å². The van der Waals surface area contributed by atoms with E-state index in [-0.39, 0.29) is 30.8 Å². The van der Waals surface area contributed by atoms with Crippen molar-refractivity contribution in [2.45, 2.75) is 83.8 Å². The predicted molar refractivity (Wildman–Crippen MR) is 173 cm³/mol. The summed E-state index contributed by atoms with van der Waals surface area (Å²) in [7, 11) is -3.55. The monoisotopic (exact) mass is 603 g/mol. The molecular formula is C35H45N3O4S. The molecule has 0 unspecified atom stereocenters. The lowest BCUT2D eigenvalue weighted by atomic mass is 9.94. The van der Waals surface area contributed by atoms with Crippen LogP contribution in [0.5, 0.6) is 0 Å². The zero-order chi connectivity index (χ0) is 30.8. The molecule has 0 aromatic heterocycles. The third-order valence-electron chi connectivity index (χ3n) is 8.19. The van der Waals surface area contributed by atoms with Crippen LogP contribution >= 0.6 is 0 Å². The van der Waals surface area contributed by atoms with Gasteiger partial charge in [0.15, 0.2) is 0 Å². The molecule has 7 nitrogen and oxygen atoms in total. The molecule has 1 N–H and O–H groups in total. The summed E-state index contributed by atoms with van der Waals surface area (Å²) in [5.74, 6) is -0.297. The maximum atomic E-state index is 14.1. The minimum atomic E-state index is -3.55. The molecule has 0 aliphatic heterocycles. The van der Waals surface area contributed by atoms with Crippen molar-refractivity contribution in [1.29, 1.82) is 0 Å². The average molecular weight is 604 g/mol. The van der Waals surface area contributed by atoms with Gasteiger partial charge in [0.05, 0.1) is 11.9 Å². The second kappa shape index (κ2) is 15.2. The molecule has 1 aliphatic carbocycles. The number of hydrogen-bond donors (Lipinski definition) is 1. The predicted octanol–water partition coefficient (Wildman–Crippen LogP) is 5.94. The number of amides is 2. The molecule has 3 aromatic rings. The number of nitrogens with one attached hydrogen (secondary N) is 1. The summed E-state index contributed by atoms with van der Waals surface area (Å²) in [6.45, 7) is 4.36. The highest BCUT2D eigenvalue weighted by molar-refractivity contribution is 7.92. The molecule has 0 spiro atoms. The molecule has 1 aliphatic rings. The van der Waals surface area contributed by atoms with Crippen molar-refractivity contribution in [3.8, 4) is 0 Å². The summed E-state index contributed by atoms with van der Waals surface area (Å²) in [5.41, 5.74) is 4.48. The van der Waals surface area contributed by atoms with Crippen LogP contribution < -0.4 is 9.62 Å². The maximum absolute atomic E-state index is 14.1. The maximum Gasteiger partial charge on any atom is 0.243 e. The number of rotatable bonds is 13. The molecule has 0 radical (unpaired) electrons. The van der Waals surface area contributed by atoms with Crippen LogP contribution in [-0.4, -0.2) is 50.0 Å². The summed E-state index contributed by atoms with van der Waals surface area (Å²) in [4.78, 5) is 29.7. The Kier molecular flexibility index (Phi) is 11.4. The molecule has 4 rings (SSSR count). The van der Waals surface area contributed by atoms with Crippen molar-refractivity contribution in [2.75, 3.05) is 17.1 Å². The van der Waals surface area contributed by atoms with Gasteiger partial charge in [0.1, 0.15) is 6.04 Å². The molecule has 2 amide bonds. The Balaban J connectivity index is 1.59. The number of benzene rings is 3. The van der Waals surface area contributed by atoms with Gasteiger partial charge in [0.25, 0.3) is 0 Å². The molecule has 43 heavy (non-hydrogen) atoms. The molecule has 230 valence electrons.